The summed E-state index contributed by atoms with van der Waals surface area (Å²) in [6.07, 6.45) is 6.59. The van der Waals surface area contributed by atoms with E-state index < -0.39 is 0 Å². The third-order valence-electron chi connectivity index (χ3n) is 1.27. The van der Waals surface area contributed by atoms with Crippen molar-refractivity contribution in [2.45, 2.75) is 6.92 Å². The van der Waals surface area contributed by atoms with Crippen LogP contribution < -0.4 is 0 Å². The summed E-state index contributed by atoms with van der Waals surface area (Å²) in [5.41, 5.74) is 0. The van der Waals surface area contributed by atoms with E-state index in [0.717, 1.165) is 4.91 Å². The lowest BCUT2D eigenvalue weighted by Crippen LogP contribution is -1.92. The molecule has 0 aliphatic heterocycles. The summed E-state index contributed by atoms with van der Waals surface area (Å²) in [6.45, 7) is 1.73. The lowest BCUT2D eigenvalue weighted by Gasteiger charge is -1.89. The van der Waals surface area contributed by atoms with E-state index >= 15 is 0 Å². The quantitative estimate of drug-likeness (QED) is 0.315. The molecule has 0 fully saturated rings. The molecule has 0 aliphatic carbocycles. The van der Waals surface area contributed by atoms with E-state index in [9.17, 15) is 4.79 Å². The summed E-state index contributed by atoms with van der Waals surface area (Å²) in [7, 11) is 1.34. The molecule has 0 bridgehead atoms. The van der Waals surface area contributed by atoms with Gasteiger partial charge in [-0.1, -0.05) is 12.0 Å². The molecule has 0 aliphatic rings. The van der Waals surface area contributed by atoms with Crippen molar-refractivity contribution in [1.29, 1.82) is 0 Å². The van der Waals surface area contributed by atoms with Gasteiger partial charge in [0.1, 0.15) is 0 Å². The first-order valence-electron chi connectivity index (χ1n) is 4.17. The molecular formula is C12H12O2S. The molecule has 0 spiro atoms. The fourth-order valence-electron chi connectivity index (χ4n) is 0.598. The van der Waals surface area contributed by atoms with Gasteiger partial charge in [-0.2, -0.15) is 0 Å². The zero-order valence-corrected chi connectivity index (χ0v) is 9.77. The van der Waals surface area contributed by atoms with Crippen LogP contribution in [0.1, 0.15) is 6.92 Å². The molecule has 78 valence electrons. The number of hydrogen-bond acceptors (Lipinski definition) is 3. The van der Waals surface area contributed by atoms with E-state index in [-0.39, 0.29) is 5.97 Å². The largest absolute Gasteiger partial charge is 0.466 e. The predicted molar refractivity (Wildman–Crippen MR) is 64.0 cm³/mol. The van der Waals surface area contributed by atoms with Crippen molar-refractivity contribution < 1.29 is 9.53 Å². The van der Waals surface area contributed by atoms with E-state index in [1.165, 1.54) is 24.9 Å². The topological polar surface area (TPSA) is 26.3 Å². The number of esters is 1. The molecule has 0 rings (SSSR count). The van der Waals surface area contributed by atoms with Gasteiger partial charge in [-0.25, -0.2) is 4.79 Å². The first kappa shape index (κ1) is 13.4. The summed E-state index contributed by atoms with van der Waals surface area (Å²) in [5, 5.41) is 0. The van der Waals surface area contributed by atoms with Crippen molar-refractivity contribution in [2.24, 2.45) is 0 Å². The standard InChI is InChI=1S/C12H12O2S/c1-4-5-6-8-11(15-3)9-7-10-12(13)14-2/h7,9-10H,1-3H3/b10-7-,11-9+. The van der Waals surface area contributed by atoms with Gasteiger partial charge >= 0.3 is 5.97 Å². The number of thioether (sulfide) groups is 1. The third-order valence-corrected chi connectivity index (χ3v) is 1.95. The number of allylic oxidation sites excluding steroid dienone is 3. The number of carbonyl (C=O) groups excluding carboxylic acids is 1. The maximum atomic E-state index is 10.7. The minimum atomic E-state index is -0.381. The van der Waals surface area contributed by atoms with Gasteiger partial charge in [0.2, 0.25) is 0 Å². The van der Waals surface area contributed by atoms with E-state index in [2.05, 4.69) is 28.4 Å². The van der Waals surface area contributed by atoms with Crippen LogP contribution in [0.25, 0.3) is 0 Å². The lowest BCUT2D eigenvalue weighted by molar-refractivity contribution is -0.134. The molecule has 0 amide bonds. The molecule has 0 unspecified atom stereocenters. The Bertz CT molecular complexity index is 383. The van der Waals surface area contributed by atoms with Gasteiger partial charge in [-0.15, -0.1) is 11.8 Å². The summed E-state index contributed by atoms with van der Waals surface area (Å²) >= 11 is 1.50. The average Bonchev–Trinajstić information content (AvgIpc) is 2.26. The minimum Gasteiger partial charge on any atom is -0.466 e. The van der Waals surface area contributed by atoms with Crippen molar-refractivity contribution >= 4 is 17.7 Å². The van der Waals surface area contributed by atoms with Crippen LogP contribution in [-0.2, 0) is 9.53 Å². The van der Waals surface area contributed by atoms with Gasteiger partial charge in [0.15, 0.2) is 0 Å². The highest BCUT2D eigenvalue weighted by Gasteiger charge is 1.89. The first-order valence-corrected chi connectivity index (χ1v) is 5.40. The van der Waals surface area contributed by atoms with E-state index in [1.54, 1.807) is 19.1 Å². The number of carbonyl (C=O) groups is 1. The summed E-state index contributed by atoms with van der Waals surface area (Å²) in [6, 6.07) is 0. The second kappa shape index (κ2) is 8.99. The third kappa shape index (κ3) is 7.49. The highest BCUT2D eigenvalue weighted by molar-refractivity contribution is 8.02. The van der Waals surface area contributed by atoms with Crippen LogP contribution in [0, 0.1) is 23.7 Å². The van der Waals surface area contributed by atoms with Crippen molar-refractivity contribution in [3.8, 4) is 23.7 Å². The molecule has 15 heavy (non-hydrogen) atoms. The van der Waals surface area contributed by atoms with Gasteiger partial charge in [0.05, 0.1) is 12.0 Å². The second-order valence-electron chi connectivity index (χ2n) is 2.24. The van der Waals surface area contributed by atoms with Crippen molar-refractivity contribution in [2.75, 3.05) is 13.4 Å². The average molecular weight is 220 g/mol. The van der Waals surface area contributed by atoms with Crippen LogP contribution in [0.2, 0.25) is 0 Å². The van der Waals surface area contributed by atoms with Crippen LogP contribution in [0.4, 0.5) is 0 Å². The molecule has 0 atom stereocenters. The van der Waals surface area contributed by atoms with Crippen LogP contribution in [-0.4, -0.2) is 19.3 Å². The summed E-state index contributed by atoms with van der Waals surface area (Å²) in [5.74, 6) is 10.5. The van der Waals surface area contributed by atoms with Crippen LogP contribution in [0.3, 0.4) is 0 Å². The molecule has 0 heterocycles. The fourth-order valence-corrected chi connectivity index (χ4v) is 0.966. The minimum absolute atomic E-state index is 0.381. The Morgan fingerprint density at radius 2 is 2.13 bits per heavy atom. The maximum absolute atomic E-state index is 10.7. The smallest absolute Gasteiger partial charge is 0.330 e. The fraction of sp³-hybridized carbons (Fsp3) is 0.250. The monoisotopic (exact) mass is 220 g/mol. The number of methoxy groups -OCH3 is 1. The predicted octanol–water partition coefficient (Wildman–Crippen LogP) is 1.99. The van der Waals surface area contributed by atoms with E-state index in [1.807, 2.05) is 6.26 Å². The van der Waals surface area contributed by atoms with Crippen molar-refractivity contribution in [3.05, 3.63) is 23.1 Å². The summed E-state index contributed by atoms with van der Waals surface area (Å²) < 4.78 is 4.44. The molecule has 0 aromatic carbocycles. The Labute approximate surface area is 94.8 Å². The Morgan fingerprint density at radius 3 is 2.67 bits per heavy atom. The number of hydrogen-bond donors (Lipinski definition) is 0. The summed E-state index contributed by atoms with van der Waals surface area (Å²) in [4.78, 5) is 11.6. The second-order valence-corrected chi connectivity index (χ2v) is 3.09. The SMILES string of the molecule is CC#CC#C/C(=C\C=C/C(=O)OC)SC. The van der Waals surface area contributed by atoms with E-state index in [4.69, 9.17) is 0 Å². The molecule has 3 heteroatoms. The normalized spacial score (nSPS) is 9.93. The van der Waals surface area contributed by atoms with Gasteiger partial charge in [-0.3, -0.25) is 0 Å². The molecule has 0 aromatic rings. The van der Waals surface area contributed by atoms with Gasteiger partial charge < -0.3 is 4.74 Å². The Kier molecular flexibility index (Phi) is 8.05. The van der Waals surface area contributed by atoms with Gasteiger partial charge in [0.25, 0.3) is 0 Å². The molecule has 0 aromatic heterocycles. The molecule has 0 saturated heterocycles. The molecule has 2 nitrogen and oxygen atoms in total. The number of ether oxygens (including phenoxy) is 1. The molecule has 0 saturated carbocycles. The van der Waals surface area contributed by atoms with E-state index in [0.29, 0.717) is 0 Å². The van der Waals surface area contributed by atoms with Crippen LogP contribution in [0.15, 0.2) is 23.1 Å². The Morgan fingerprint density at radius 1 is 1.40 bits per heavy atom. The molecule has 0 N–H and O–H groups in total. The zero-order valence-electron chi connectivity index (χ0n) is 8.96. The molecular weight excluding hydrogens is 208 g/mol. The van der Waals surface area contributed by atoms with Crippen molar-refractivity contribution in [3.63, 3.8) is 0 Å². The Balaban J connectivity index is 4.47. The zero-order chi connectivity index (χ0) is 11.5. The first-order chi connectivity index (χ1) is 7.24. The number of rotatable bonds is 3. The van der Waals surface area contributed by atoms with Gasteiger partial charge in [0, 0.05) is 6.08 Å². The van der Waals surface area contributed by atoms with Crippen molar-refractivity contribution in [1.82, 2.24) is 0 Å². The van der Waals surface area contributed by atoms with Crippen LogP contribution in [0.5, 0.6) is 0 Å². The van der Waals surface area contributed by atoms with Gasteiger partial charge in [-0.05, 0) is 37.0 Å². The van der Waals surface area contributed by atoms with Crippen LogP contribution >= 0.6 is 11.8 Å². The maximum Gasteiger partial charge on any atom is 0.330 e. The molecule has 0 radical (unpaired) electrons. The Hall–Kier alpha value is -1.58. The highest BCUT2D eigenvalue weighted by atomic mass is 32.2. The lowest BCUT2D eigenvalue weighted by atomic mass is 10.4. The highest BCUT2D eigenvalue weighted by Crippen LogP contribution is 2.09.